The summed E-state index contributed by atoms with van der Waals surface area (Å²) in [5, 5.41) is 40.4. The Bertz CT molecular complexity index is 2200. The highest BCUT2D eigenvalue weighted by molar-refractivity contribution is 5.99. The summed E-state index contributed by atoms with van der Waals surface area (Å²) in [5.41, 5.74) is 22.1. The minimum Gasteiger partial charge on any atom is -0.508 e. The molecule has 2 rings (SSSR count). The molecule has 1 aliphatic heterocycles. The van der Waals surface area contributed by atoms with Gasteiger partial charge in [0.25, 0.3) is 0 Å². The van der Waals surface area contributed by atoms with Crippen LogP contribution in [0.25, 0.3) is 0 Å². The molecule has 0 bridgehead atoms. The first-order chi connectivity index (χ1) is 36.9. The number of rotatable bonds is 24. The van der Waals surface area contributed by atoms with Crippen LogP contribution in [0.5, 0.6) is 5.75 Å². The van der Waals surface area contributed by atoms with Gasteiger partial charge in [-0.25, -0.2) is 0 Å². The molecule has 1 aliphatic rings. The van der Waals surface area contributed by atoms with E-state index in [4.69, 9.17) is 22.9 Å². The van der Waals surface area contributed by atoms with Crippen molar-refractivity contribution in [3.8, 4) is 5.75 Å². The van der Waals surface area contributed by atoms with E-state index in [1.54, 1.807) is 0 Å². The van der Waals surface area contributed by atoms with Gasteiger partial charge in [-0.1, -0.05) is 90.2 Å². The number of unbranched alkanes of at least 4 members (excludes halogenated alkanes) is 7. The fourth-order valence-electron chi connectivity index (χ4n) is 8.49. The molecular formula is C52H84N12O14. The van der Waals surface area contributed by atoms with Crippen molar-refractivity contribution in [2.45, 2.75) is 204 Å². The van der Waals surface area contributed by atoms with Crippen LogP contribution in [-0.4, -0.2) is 136 Å². The quantitative estimate of drug-likeness (QED) is 0.0511. The van der Waals surface area contributed by atoms with Gasteiger partial charge in [-0.15, -0.1) is 0 Å². The van der Waals surface area contributed by atoms with Gasteiger partial charge in [-0.3, -0.25) is 57.5 Å². The lowest BCUT2D eigenvalue weighted by Gasteiger charge is -2.28. The Labute approximate surface area is 454 Å². The highest BCUT2D eigenvalue weighted by Gasteiger charge is 2.35. The van der Waals surface area contributed by atoms with Crippen molar-refractivity contribution in [3.05, 3.63) is 29.8 Å². The van der Waals surface area contributed by atoms with E-state index in [-0.39, 0.29) is 50.8 Å². The summed E-state index contributed by atoms with van der Waals surface area (Å²) in [6.45, 7) is 5.52. The number of hydrogen-bond donors (Lipinski definition) is 14. The fraction of sp³-hybridized carbons (Fsp3) is 0.654. The zero-order valence-corrected chi connectivity index (χ0v) is 45.2. The maximum absolute atomic E-state index is 14.2. The van der Waals surface area contributed by atoms with Crippen molar-refractivity contribution < 1.29 is 67.7 Å². The third-order valence-corrected chi connectivity index (χ3v) is 13.1. The molecule has 18 N–H and O–H groups in total. The first-order valence-electron chi connectivity index (χ1n) is 26.9. The average molecular weight is 1100 g/mol. The Morgan fingerprint density at radius 3 is 1.58 bits per heavy atom. The maximum Gasteiger partial charge on any atom is 0.245 e. The molecule has 0 aliphatic carbocycles. The predicted molar refractivity (Wildman–Crippen MR) is 284 cm³/mol. The standard InChI is InChI=1S/C52H84N12O14/c1-4-30(2)15-11-9-7-5-6-8-10-12-16-33-26-45(72)60-37(27-41(54)68)49(75)62-36(25-32-18-20-34(66)21-19-32)48(74)63-39(29-43(56)70)50(76)61-35(22-23-40(53)67)47(73)57-24-14-13-17-44(71)59-38(28-42(55)69)51(77)64-46(31(3)65)52(78)58-33/h18-21,30-31,33,35-39,46,65-66H,4-17,22-29H2,1-3H3,(H2,53,67)(H2,54,68)(H2,55,69)(H2,56,70)(H,57,73)(H,58,78)(H,59,71)(H,60,72)(H,61,76)(H,62,75)(H,63,74)(H,64,77). The second kappa shape index (κ2) is 35.9. The lowest BCUT2D eigenvalue weighted by molar-refractivity contribution is -0.136. The number of primary amides is 4. The van der Waals surface area contributed by atoms with Crippen molar-refractivity contribution >= 4 is 70.9 Å². The molecule has 26 heteroatoms. The van der Waals surface area contributed by atoms with Gasteiger partial charge in [0.1, 0.15) is 42.0 Å². The summed E-state index contributed by atoms with van der Waals surface area (Å²) in [7, 11) is 0. The van der Waals surface area contributed by atoms with Crippen LogP contribution in [0, 0.1) is 5.92 Å². The minimum absolute atomic E-state index is 0.0948. The first kappa shape index (κ1) is 66.7. The number of hydrogen-bond acceptors (Lipinski definition) is 14. The van der Waals surface area contributed by atoms with E-state index in [0.29, 0.717) is 24.3 Å². The van der Waals surface area contributed by atoms with Crippen molar-refractivity contribution in [2.24, 2.45) is 28.9 Å². The van der Waals surface area contributed by atoms with E-state index in [1.807, 2.05) is 0 Å². The third kappa shape index (κ3) is 27.6. The second-order valence-electron chi connectivity index (χ2n) is 20.1. The number of phenols is 1. The number of phenolic OH excluding ortho intramolecular Hbond substituents is 1. The van der Waals surface area contributed by atoms with Gasteiger partial charge < -0.3 is 75.7 Å². The summed E-state index contributed by atoms with van der Waals surface area (Å²) in [6, 6.07) is -5.59. The highest BCUT2D eigenvalue weighted by Crippen LogP contribution is 2.17. The zero-order valence-electron chi connectivity index (χ0n) is 45.2. The maximum atomic E-state index is 14.2. The van der Waals surface area contributed by atoms with Gasteiger partial charge in [0.2, 0.25) is 70.9 Å². The molecule has 1 aromatic rings. The molecule has 1 saturated heterocycles. The lowest BCUT2D eigenvalue weighted by Crippen LogP contribution is -2.60. The van der Waals surface area contributed by atoms with Gasteiger partial charge in [-0.05, 0) is 56.2 Å². The second-order valence-corrected chi connectivity index (χ2v) is 20.1. The molecule has 1 aromatic carbocycles. The number of aliphatic hydroxyl groups is 1. The zero-order chi connectivity index (χ0) is 58.3. The topological polar surface area (TPSA) is 446 Å². The molecule has 12 amide bonds. The van der Waals surface area contributed by atoms with Crippen LogP contribution in [0.2, 0.25) is 0 Å². The van der Waals surface area contributed by atoms with Crippen LogP contribution in [0.1, 0.15) is 155 Å². The number of amides is 12. The molecule has 1 fully saturated rings. The van der Waals surface area contributed by atoms with E-state index in [1.165, 1.54) is 37.6 Å². The summed E-state index contributed by atoms with van der Waals surface area (Å²) in [5.74, 6) is -11.2. The number of carbonyl (C=O) groups is 12. The summed E-state index contributed by atoms with van der Waals surface area (Å²) in [6.07, 6.45) is 4.37. The van der Waals surface area contributed by atoms with Crippen LogP contribution in [0.15, 0.2) is 24.3 Å². The number of nitrogens with one attached hydrogen (secondary N) is 8. The molecule has 1 heterocycles. The Morgan fingerprint density at radius 1 is 0.551 bits per heavy atom. The molecule has 0 aromatic heterocycles. The molecule has 0 saturated carbocycles. The Balaban J connectivity index is 2.61. The van der Waals surface area contributed by atoms with E-state index in [2.05, 4.69) is 56.4 Å². The van der Waals surface area contributed by atoms with Gasteiger partial charge in [-0.2, -0.15) is 0 Å². The van der Waals surface area contributed by atoms with Crippen molar-refractivity contribution in [2.75, 3.05) is 6.54 Å². The molecule has 436 valence electrons. The van der Waals surface area contributed by atoms with Gasteiger partial charge in [0.15, 0.2) is 0 Å². The number of nitrogens with two attached hydrogens (primary N) is 4. The van der Waals surface area contributed by atoms with Crippen molar-refractivity contribution in [1.82, 2.24) is 42.5 Å². The Hall–Kier alpha value is -7.38. The normalized spacial score (nSPS) is 22.9. The van der Waals surface area contributed by atoms with Crippen LogP contribution in [0.3, 0.4) is 0 Å². The van der Waals surface area contributed by atoms with Crippen LogP contribution in [0.4, 0.5) is 0 Å². The monoisotopic (exact) mass is 1100 g/mol. The average Bonchev–Trinajstić information content (AvgIpc) is 3.35. The number of aromatic hydroxyl groups is 1. The van der Waals surface area contributed by atoms with Crippen LogP contribution >= 0.6 is 0 Å². The Morgan fingerprint density at radius 2 is 1.04 bits per heavy atom. The van der Waals surface area contributed by atoms with E-state index >= 15 is 0 Å². The SMILES string of the molecule is CCC(C)CCCCCCCCCCC1CC(=O)NC(CC(N)=O)C(=O)NC(Cc2ccc(O)cc2)C(=O)NC(CC(N)=O)C(=O)NC(CCC(N)=O)C(=O)NCCCCC(=O)NC(CC(N)=O)C(=O)NC(C(C)O)C(=O)N1. The van der Waals surface area contributed by atoms with E-state index in [9.17, 15) is 67.7 Å². The molecule has 9 atom stereocenters. The van der Waals surface area contributed by atoms with Crippen molar-refractivity contribution in [1.29, 1.82) is 0 Å². The Kier molecular flexibility index (Phi) is 30.7. The van der Waals surface area contributed by atoms with Gasteiger partial charge >= 0.3 is 0 Å². The molecule has 0 radical (unpaired) electrons. The fourth-order valence-corrected chi connectivity index (χ4v) is 8.49. The minimum atomic E-state index is -1.80. The summed E-state index contributed by atoms with van der Waals surface area (Å²) >= 11 is 0. The summed E-state index contributed by atoms with van der Waals surface area (Å²) < 4.78 is 0. The van der Waals surface area contributed by atoms with Crippen LogP contribution < -0.4 is 65.5 Å². The molecular weight excluding hydrogens is 1020 g/mol. The smallest absolute Gasteiger partial charge is 0.245 e. The van der Waals surface area contributed by atoms with Crippen LogP contribution in [-0.2, 0) is 64.0 Å². The van der Waals surface area contributed by atoms with Crippen molar-refractivity contribution in [3.63, 3.8) is 0 Å². The van der Waals surface area contributed by atoms with E-state index < -0.39 is 151 Å². The predicted octanol–water partition coefficient (Wildman–Crippen LogP) is -1.76. The van der Waals surface area contributed by atoms with Gasteiger partial charge in [0.05, 0.1) is 25.4 Å². The third-order valence-electron chi connectivity index (χ3n) is 13.1. The number of carbonyl (C=O) groups excluding carboxylic acids is 12. The molecule has 78 heavy (non-hydrogen) atoms. The highest BCUT2D eigenvalue weighted by atomic mass is 16.3. The summed E-state index contributed by atoms with van der Waals surface area (Å²) in [4.78, 5) is 159. The van der Waals surface area contributed by atoms with E-state index in [0.717, 1.165) is 44.9 Å². The number of aliphatic hydroxyl groups excluding tert-OH is 1. The number of benzene rings is 1. The largest absolute Gasteiger partial charge is 0.508 e. The molecule has 0 spiro atoms. The lowest BCUT2D eigenvalue weighted by atomic mass is 9.99. The molecule has 9 unspecified atom stereocenters. The first-order valence-corrected chi connectivity index (χ1v) is 26.9. The molecule has 26 nitrogen and oxygen atoms in total. The van der Waals surface area contributed by atoms with Gasteiger partial charge in [0, 0.05) is 38.3 Å².